The molecule has 2 aromatic rings. The molecule has 132 valence electrons. The summed E-state index contributed by atoms with van der Waals surface area (Å²) in [5.74, 6) is 0.0717. The summed E-state index contributed by atoms with van der Waals surface area (Å²) in [6.07, 6.45) is 0.193. The normalized spacial score (nSPS) is 20.3. The van der Waals surface area contributed by atoms with Crippen molar-refractivity contribution in [3.8, 4) is 5.75 Å². The van der Waals surface area contributed by atoms with Gasteiger partial charge in [-0.3, -0.25) is 4.79 Å². The van der Waals surface area contributed by atoms with E-state index in [1.165, 1.54) is 5.56 Å². The lowest BCUT2D eigenvalue weighted by molar-refractivity contribution is -0.144. The lowest BCUT2D eigenvalue weighted by Crippen LogP contribution is -2.28. The van der Waals surface area contributed by atoms with Gasteiger partial charge in [-0.2, -0.15) is 0 Å². The Morgan fingerprint density at radius 3 is 2.76 bits per heavy atom. The fourth-order valence-electron chi connectivity index (χ4n) is 3.22. The predicted octanol–water partition coefficient (Wildman–Crippen LogP) is 3.64. The zero-order valence-corrected chi connectivity index (χ0v) is 14.6. The smallest absolute Gasteiger partial charge is 0.313 e. The molecule has 0 saturated heterocycles. The van der Waals surface area contributed by atoms with Gasteiger partial charge in [0.05, 0.1) is 25.2 Å². The van der Waals surface area contributed by atoms with Crippen LogP contribution < -0.4 is 4.74 Å². The molecule has 3 atom stereocenters. The van der Waals surface area contributed by atoms with Crippen LogP contribution in [0.5, 0.6) is 5.75 Å². The van der Waals surface area contributed by atoms with E-state index in [9.17, 15) is 9.90 Å². The zero-order valence-electron chi connectivity index (χ0n) is 14.6. The topological polar surface area (TPSA) is 55.8 Å². The summed E-state index contributed by atoms with van der Waals surface area (Å²) < 4.78 is 11.0. The third-order valence-corrected chi connectivity index (χ3v) is 4.74. The highest BCUT2D eigenvalue weighted by atomic mass is 16.5. The Morgan fingerprint density at radius 1 is 1.28 bits per heavy atom. The van der Waals surface area contributed by atoms with Crippen LogP contribution in [0, 0.1) is 5.92 Å². The molecule has 4 nitrogen and oxygen atoms in total. The van der Waals surface area contributed by atoms with Crippen LogP contribution in [0.4, 0.5) is 0 Å². The summed E-state index contributed by atoms with van der Waals surface area (Å²) in [6, 6.07) is 15.7. The first-order valence-electron chi connectivity index (χ1n) is 8.75. The highest BCUT2D eigenvalue weighted by Gasteiger charge is 2.30. The SMILES string of the molecule is CCOC(=O)C(C)c1ccc2c(c1)OC[C@H](Cc1ccccc1)[C@H]2O. The Balaban J connectivity index is 1.76. The van der Waals surface area contributed by atoms with Gasteiger partial charge in [-0.1, -0.05) is 42.5 Å². The number of fused-ring (bicyclic) bond motifs is 1. The van der Waals surface area contributed by atoms with Gasteiger partial charge >= 0.3 is 5.97 Å². The van der Waals surface area contributed by atoms with Crippen molar-refractivity contribution in [3.63, 3.8) is 0 Å². The second kappa shape index (κ2) is 7.70. The maximum absolute atomic E-state index is 11.9. The first-order chi connectivity index (χ1) is 12.1. The second-order valence-electron chi connectivity index (χ2n) is 6.48. The third-order valence-electron chi connectivity index (χ3n) is 4.74. The highest BCUT2D eigenvalue weighted by Crippen LogP contribution is 2.38. The third kappa shape index (κ3) is 3.85. The molecule has 1 heterocycles. The summed E-state index contributed by atoms with van der Waals surface area (Å²) in [4.78, 5) is 11.9. The molecule has 0 aromatic heterocycles. The van der Waals surface area contributed by atoms with E-state index in [0.29, 0.717) is 19.0 Å². The quantitative estimate of drug-likeness (QED) is 0.845. The molecule has 0 radical (unpaired) electrons. The van der Waals surface area contributed by atoms with Gasteiger partial charge in [0.25, 0.3) is 0 Å². The molecule has 1 aliphatic rings. The number of ether oxygens (including phenoxy) is 2. The standard InChI is InChI=1S/C21H24O4/c1-3-24-21(23)14(2)16-9-10-18-19(12-16)25-13-17(20(18)22)11-15-7-5-4-6-8-15/h4-10,12,14,17,20,22H,3,11,13H2,1-2H3/t14?,17-,20+/m0/s1. The number of aliphatic hydroxyl groups excluding tert-OH is 1. The van der Waals surface area contributed by atoms with E-state index >= 15 is 0 Å². The number of aliphatic hydroxyl groups is 1. The van der Waals surface area contributed by atoms with E-state index in [0.717, 1.165) is 17.5 Å². The molecule has 0 amide bonds. The molecule has 0 bridgehead atoms. The molecule has 1 N–H and O–H groups in total. The average molecular weight is 340 g/mol. The number of carbonyl (C=O) groups is 1. The van der Waals surface area contributed by atoms with Gasteiger partial charge in [-0.15, -0.1) is 0 Å². The largest absolute Gasteiger partial charge is 0.493 e. The molecule has 2 aromatic carbocycles. The van der Waals surface area contributed by atoms with Crippen LogP contribution in [0.3, 0.4) is 0 Å². The van der Waals surface area contributed by atoms with Crippen LogP contribution in [0.1, 0.15) is 42.6 Å². The first-order valence-corrected chi connectivity index (χ1v) is 8.75. The molecular formula is C21H24O4. The summed E-state index contributed by atoms with van der Waals surface area (Å²) in [5, 5.41) is 10.7. The van der Waals surface area contributed by atoms with Crippen molar-refractivity contribution in [1.29, 1.82) is 0 Å². The van der Waals surface area contributed by atoms with Crippen LogP contribution in [-0.4, -0.2) is 24.3 Å². The van der Waals surface area contributed by atoms with E-state index in [2.05, 4.69) is 12.1 Å². The van der Waals surface area contributed by atoms with Crippen LogP contribution in [0.2, 0.25) is 0 Å². The van der Waals surface area contributed by atoms with Gasteiger partial charge in [0, 0.05) is 11.5 Å². The molecule has 25 heavy (non-hydrogen) atoms. The Morgan fingerprint density at radius 2 is 2.04 bits per heavy atom. The van der Waals surface area contributed by atoms with Gasteiger partial charge in [-0.05, 0) is 37.5 Å². The van der Waals surface area contributed by atoms with E-state index in [4.69, 9.17) is 9.47 Å². The molecule has 0 spiro atoms. The fraction of sp³-hybridized carbons (Fsp3) is 0.381. The van der Waals surface area contributed by atoms with Crippen molar-refractivity contribution in [2.45, 2.75) is 32.3 Å². The van der Waals surface area contributed by atoms with Crippen molar-refractivity contribution < 1.29 is 19.4 Å². The molecule has 0 saturated carbocycles. The van der Waals surface area contributed by atoms with Crippen molar-refractivity contribution in [2.75, 3.05) is 13.2 Å². The first kappa shape index (κ1) is 17.5. The number of rotatable bonds is 5. The summed E-state index contributed by atoms with van der Waals surface area (Å²) in [5.41, 5.74) is 2.81. The lowest BCUT2D eigenvalue weighted by Gasteiger charge is -2.31. The fourth-order valence-corrected chi connectivity index (χ4v) is 3.22. The van der Waals surface area contributed by atoms with Crippen molar-refractivity contribution in [1.82, 2.24) is 0 Å². The Bertz CT molecular complexity index is 726. The summed E-state index contributed by atoms with van der Waals surface area (Å²) in [6.45, 7) is 4.44. The Kier molecular flexibility index (Phi) is 5.39. The van der Waals surface area contributed by atoms with E-state index in [-0.39, 0.29) is 17.8 Å². The van der Waals surface area contributed by atoms with Gasteiger partial charge in [0.15, 0.2) is 0 Å². The summed E-state index contributed by atoms with van der Waals surface area (Å²) in [7, 11) is 0. The number of esters is 1. The Hall–Kier alpha value is -2.33. The molecule has 0 fully saturated rings. The summed E-state index contributed by atoms with van der Waals surface area (Å²) >= 11 is 0. The van der Waals surface area contributed by atoms with Crippen LogP contribution >= 0.6 is 0 Å². The zero-order chi connectivity index (χ0) is 17.8. The monoisotopic (exact) mass is 340 g/mol. The lowest BCUT2D eigenvalue weighted by atomic mass is 9.87. The molecule has 4 heteroatoms. The Labute approximate surface area is 148 Å². The van der Waals surface area contributed by atoms with Gasteiger partial charge < -0.3 is 14.6 Å². The van der Waals surface area contributed by atoms with Crippen LogP contribution in [0.15, 0.2) is 48.5 Å². The minimum atomic E-state index is -0.573. The molecule has 3 rings (SSSR count). The number of carbonyl (C=O) groups excluding carboxylic acids is 1. The molecule has 1 aliphatic heterocycles. The van der Waals surface area contributed by atoms with Crippen molar-refractivity contribution in [2.24, 2.45) is 5.92 Å². The molecular weight excluding hydrogens is 316 g/mol. The van der Waals surface area contributed by atoms with Crippen molar-refractivity contribution in [3.05, 3.63) is 65.2 Å². The van der Waals surface area contributed by atoms with Gasteiger partial charge in [0.1, 0.15) is 5.75 Å². The van der Waals surface area contributed by atoms with Crippen LogP contribution in [-0.2, 0) is 16.0 Å². The van der Waals surface area contributed by atoms with Gasteiger partial charge in [0.2, 0.25) is 0 Å². The minimum Gasteiger partial charge on any atom is -0.493 e. The van der Waals surface area contributed by atoms with Gasteiger partial charge in [-0.25, -0.2) is 0 Å². The van der Waals surface area contributed by atoms with E-state index in [1.807, 2.05) is 43.3 Å². The number of hydrogen-bond donors (Lipinski definition) is 1. The number of hydrogen-bond acceptors (Lipinski definition) is 4. The van der Waals surface area contributed by atoms with Crippen LogP contribution in [0.25, 0.3) is 0 Å². The van der Waals surface area contributed by atoms with Crippen molar-refractivity contribution >= 4 is 5.97 Å². The van der Waals surface area contributed by atoms with E-state index in [1.54, 1.807) is 6.92 Å². The highest BCUT2D eigenvalue weighted by molar-refractivity contribution is 5.77. The second-order valence-corrected chi connectivity index (χ2v) is 6.48. The number of benzene rings is 2. The maximum atomic E-state index is 11.9. The molecule has 0 aliphatic carbocycles. The van der Waals surface area contributed by atoms with E-state index < -0.39 is 6.10 Å². The minimum absolute atomic E-state index is 0.0169. The average Bonchev–Trinajstić information content (AvgIpc) is 2.64. The molecule has 1 unspecified atom stereocenters. The predicted molar refractivity (Wildman–Crippen MR) is 95.6 cm³/mol. The maximum Gasteiger partial charge on any atom is 0.313 e.